The predicted molar refractivity (Wildman–Crippen MR) is 75.5 cm³/mol. The molecule has 0 bridgehead atoms. The molecule has 1 aliphatic carbocycles. The SMILES string of the molecule is Cc1cccc(CN(CC(O)C(C)C)C2CC2)c1. The van der Waals surface area contributed by atoms with E-state index in [0.29, 0.717) is 12.0 Å². The fourth-order valence-electron chi connectivity index (χ4n) is 2.28. The second-order valence-corrected chi connectivity index (χ2v) is 5.96. The highest BCUT2D eigenvalue weighted by Crippen LogP contribution is 2.29. The average molecular weight is 247 g/mol. The van der Waals surface area contributed by atoms with Crippen LogP contribution in [0.1, 0.15) is 37.8 Å². The molecule has 1 unspecified atom stereocenters. The fourth-order valence-corrected chi connectivity index (χ4v) is 2.28. The molecule has 2 nitrogen and oxygen atoms in total. The van der Waals surface area contributed by atoms with Crippen molar-refractivity contribution in [3.63, 3.8) is 0 Å². The van der Waals surface area contributed by atoms with Gasteiger partial charge in [-0.25, -0.2) is 0 Å². The molecule has 0 aromatic heterocycles. The van der Waals surface area contributed by atoms with Crippen LogP contribution in [0.2, 0.25) is 0 Å². The van der Waals surface area contributed by atoms with Crippen molar-refractivity contribution in [3.05, 3.63) is 35.4 Å². The van der Waals surface area contributed by atoms with Crippen molar-refractivity contribution in [3.8, 4) is 0 Å². The maximum Gasteiger partial charge on any atom is 0.0690 e. The monoisotopic (exact) mass is 247 g/mol. The molecule has 100 valence electrons. The van der Waals surface area contributed by atoms with Crippen molar-refractivity contribution in [2.45, 2.75) is 52.3 Å². The lowest BCUT2D eigenvalue weighted by molar-refractivity contribution is 0.0697. The highest BCUT2D eigenvalue weighted by molar-refractivity contribution is 5.22. The molecule has 1 fully saturated rings. The first-order valence-electron chi connectivity index (χ1n) is 7.04. The Labute approximate surface area is 111 Å². The summed E-state index contributed by atoms with van der Waals surface area (Å²) >= 11 is 0. The van der Waals surface area contributed by atoms with Gasteiger partial charge < -0.3 is 5.11 Å². The number of hydrogen-bond acceptors (Lipinski definition) is 2. The molecule has 2 heteroatoms. The van der Waals surface area contributed by atoms with E-state index < -0.39 is 0 Å². The van der Waals surface area contributed by atoms with Crippen LogP contribution >= 0.6 is 0 Å². The number of nitrogens with zero attached hydrogens (tertiary/aromatic N) is 1. The largest absolute Gasteiger partial charge is 0.392 e. The van der Waals surface area contributed by atoms with E-state index in [1.165, 1.54) is 24.0 Å². The number of benzene rings is 1. The van der Waals surface area contributed by atoms with Crippen LogP contribution < -0.4 is 0 Å². The summed E-state index contributed by atoms with van der Waals surface area (Å²) in [6.07, 6.45) is 2.36. The molecule has 1 saturated carbocycles. The summed E-state index contributed by atoms with van der Waals surface area (Å²) in [5.74, 6) is 0.337. The van der Waals surface area contributed by atoms with Gasteiger partial charge >= 0.3 is 0 Å². The van der Waals surface area contributed by atoms with Crippen molar-refractivity contribution in [1.82, 2.24) is 4.90 Å². The van der Waals surface area contributed by atoms with Crippen LogP contribution in [-0.4, -0.2) is 28.7 Å². The van der Waals surface area contributed by atoms with Crippen molar-refractivity contribution in [2.75, 3.05) is 6.54 Å². The molecule has 0 heterocycles. The van der Waals surface area contributed by atoms with E-state index in [4.69, 9.17) is 0 Å². The summed E-state index contributed by atoms with van der Waals surface area (Å²) in [4.78, 5) is 2.44. The van der Waals surface area contributed by atoms with Gasteiger partial charge in [-0.1, -0.05) is 43.7 Å². The number of hydrogen-bond donors (Lipinski definition) is 1. The Morgan fingerprint density at radius 3 is 2.61 bits per heavy atom. The van der Waals surface area contributed by atoms with Crippen molar-refractivity contribution < 1.29 is 5.11 Å². The first-order chi connectivity index (χ1) is 8.56. The minimum atomic E-state index is -0.213. The van der Waals surface area contributed by atoms with Gasteiger partial charge in [-0.05, 0) is 31.2 Å². The lowest BCUT2D eigenvalue weighted by Crippen LogP contribution is -2.36. The maximum atomic E-state index is 10.1. The molecular formula is C16H25NO. The molecule has 0 aliphatic heterocycles. The molecule has 1 aromatic carbocycles. The van der Waals surface area contributed by atoms with E-state index in [2.05, 4.69) is 49.9 Å². The number of aryl methyl sites for hydroxylation is 1. The molecule has 0 radical (unpaired) electrons. The Hall–Kier alpha value is -0.860. The molecule has 2 rings (SSSR count). The Balaban J connectivity index is 1.98. The molecule has 1 N–H and O–H groups in total. The van der Waals surface area contributed by atoms with Crippen LogP contribution in [0.5, 0.6) is 0 Å². The Morgan fingerprint density at radius 2 is 2.06 bits per heavy atom. The summed E-state index contributed by atoms with van der Waals surface area (Å²) in [6, 6.07) is 9.38. The van der Waals surface area contributed by atoms with Gasteiger partial charge in [-0.2, -0.15) is 0 Å². The average Bonchev–Trinajstić information content (AvgIpc) is 3.11. The van der Waals surface area contributed by atoms with Crippen LogP contribution in [0.25, 0.3) is 0 Å². The van der Waals surface area contributed by atoms with Crippen LogP contribution in [0.15, 0.2) is 24.3 Å². The minimum absolute atomic E-state index is 0.213. The zero-order valence-corrected chi connectivity index (χ0v) is 11.8. The second-order valence-electron chi connectivity index (χ2n) is 5.96. The van der Waals surface area contributed by atoms with Gasteiger partial charge in [0, 0.05) is 19.1 Å². The quantitative estimate of drug-likeness (QED) is 0.835. The van der Waals surface area contributed by atoms with Gasteiger partial charge in [0.05, 0.1) is 6.10 Å². The topological polar surface area (TPSA) is 23.5 Å². The zero-order valence-electron chi connectivity index (χ0n) is 11.8. The normalized spacial score (nSPS) is 17.4. The number of aliphatic hydroxyl groups excluding tert-OH is 1. The summed E-state index contributed by atoms with van der Waals surface area (Å²) in [6.45, 7) is 8.07. The fraction of sp³-hybridized carbons (Fsp3) is 0.625. The number of rotatable bonds is 6. The third-order valence-electron chi connectivity index (χ3n) is 3.72. The highest BCUT2D eigenvalue weighted by atomic mass is 16.3. The Morgan fingerprint density at radius 1 is 1.33 bits per heavy atom. The van der Waals surface area contributed by atoms with E-state index in [-0.39, 0.29) is 6.10 Å². The van der Waals surface area contributed by atoms with E-state index in [1.807, 2.05) is 0 Å². The molecule has 0 amide bonds. The van der Waals surface area contributed by atoms with Gasteiger partial charge in [-0.15, -0.1) is 0 Å². The zero-order chi connectivity index (χ0) is 13.1. The standard InChI is InChI=1S/C16H25NO/c1-12(2)16(18)11-17(15-7-8-15)10-14-6-4-5-13(3)9-14/h4-6,9,12,15-16,18H,7-8,10-11H2,1-3H3. The second kappa shape index (κ2) is 5.85. The highest BCUT2D eigenvalue weighted by Gasteiger charge is 2.30. The molecule has 1 aliphatic rings. The van der Waals surface area contributed by atoms with Crippen LogP contribution in [-0.2, 0) is 6.54 Å². The van der Waals surface area contributed by atoms with Gasteiger partial charge in [0.15, 0.2) is 0 Å². The summed E-state index contributed by atoms with van der Waals surface area (Å²) in [7, 11) is 0. The lowest BCUT2D eigenvalue weighted by atomic mass is 10.1. The predicted octanol–water partition coefficient (Wildman–Crippen LogP) is 2.98. The molecular weight excluding hydrogens is 222 g/mol. The van der Waals surface area contributed by atoms with Gasteiger partial charge in [0.25, 0.3) is 0 Å². The third kappa shape index (κ3) is 3.82. The molecule has 0 spiro atoms. The lowest BCUT2D eigenvalue weighted by Gasteiger charge is -2.26. The van der Waals surface area contributed by atoms with Crippen molar-refractivity contribution in [1.29, 1.82) is 0 Å². The van der Waals surface area contributed by atoms with E-state index in [9.17, 15) is 5.11 Å². The summed E-state index contributed by atoms with van der Waals surface area (Å²) < 4.78 is 0. The molecule has 1 atom stereocenters. The van der Waals surface area contributed by atoms with Crippen molar-refractivity contribution >= 4 is 0 Å². The Bertz CT molecular complexity index is 384. The smallest absolute Gasteiger partial charge is 0.0690 e. The van der Waals surface area contributed by atoms with Crippen LogP contribution in [0.3, 0.4) is 0 Å². The van der Waals surface area contributed by atoms with Crippen LogP contribution in [0, 0.1) is 12.8 Å². The van der Waals surface area contributed by atoms with Crippen molar-refractivity contribution in [2.24, 2.45) is 5.92 Å². The molecule has 18 heavy (non-hydrogen) atoms. The Kier molecular flexibility index (Phi) is 4.41. The van der Waals surface area contributed by atoms with Gasteiger partial charge in [0.2, 0.25) is 0 Å². The van der Waals surface area contributed by atoms with E-state index >= 15 is 0 Å². The van der Waals surface area contributed by atoms with E-state index in [0.717, 1.165) is 13.1 Å². The van der Waals surface area contributed by atoms with Crippen LogP contribution in [0.4, 0.5) is 0 Å². The molecule has 1 aromatic rings. The van der Waals surface area contributed by atoms with Gasteiger partial charge in [-0.3, -0.25) is 4.90 Å². The molecule has 0 saturated heterocycles. The maximum absolute atomic E-state index is 10.1. The minimum Gasteiger partial charge on any atom is -0.392 e. The first-order valence-corrected chi connectivity index (χ1v) is 7.04. The summed E-state index contributed by atoms with van der Waals surface area (Å²) in [5.41, 5.74) is 2.67. The summed E-state index contributed by atoms with van der Waals surface area (Å²) in [5, 5.41) is 10.1. The van der Waals surface area contributed by atoms with Gasteiger partial charge in [0.1, 0.15) is 0 Å². The third-order valence-corrected chi connectivity index (χ3v) is 3.72. The first kappa shape index (κ1) is 13.6. The van der Waals surface area contributed by atoms with E-state index in [1.54, 1.807) is 0 Å². The number of aliphatic hydroxyl groups is 1.